The van der Waals surface area contributed by atoms with Gasteiger partial charge in [-0.3, -0.25) is 9.36 Å². The van der Waals surface area contributed by atoms with Gasteiger partial charge in [0.2, 0.25) is 5.88 Å². The molecule has 1 atom stereocenters. The molecule has 38 heavy (non-hydrogen) atoms. The molecule has 0 saturated carbocycles. The second-order valence-corrected chi connectivity index (χ2v) is 11.1. The zero-order valence-electron chi connectivity index (χ0n) is 21.7. The zero-order chi connectivity index (χ0) is 27.0. The molecule has 0 unspecified atom stereocenters. The number of morpholine rings is 1. The number of carbonyl (C=O) groups is 1. The van der Waals surface area contributed by atoms with Gasteiger partial charge in [-0.15, -0.1) is 0 Å². The molecule has 1 saturated heterocycles. The number of hydrogen-bond acceptors (Lipinski definition) is 9. The van der Waals surface area contributed by atoms with E-state index in [0.29, 0.717) is 45.5 Å². The first-order valence-corrected chi connectivity index (χ1v) is 14.0. The number of aromatic nitrogens is 1. The molecule has 3 aromatic rings. The number of esters is 1. The minimum atomic E-state index is -0.657. The molecule has 4 heterocycles. The van der Waals surface area contributed by atoms with E-state index in [4.69, 9.17) is 13.9 Å². The number of anilines is 2. The van der Waals surface area contributed by atoms with Crippen LogP contribution in [-0.4, -0.2) is 57.5 Å². The van der Waals surface area contributed by atoms with Gasteiger partial charge in [-0.2, -0.15) is 0 Å². The van der Waals surface area contributed by atoms with Crippen molar-refractivity contribution in [3.05, 3.63) is 77.1 Å². The van der Waals surface area contributed by atoms with Crippen LogP contribution >= 0.6 is 27.3 Å². The summed E-state index contributed by atoms with van der Waals surface area (Å²) in [5.74, 6) is 0.790. The average Bonchev–Trinajstić information content (AvgIpc) is 3.42. The quantitative estimate of drug-likeness (QED) is 0.402. The van der Waals surface area contributed by atoms with Gasteiger partial charge in [0.15, 0.2) is 4.80 Å². The Morgan fingerprint density at radius 2 is 1.97 bits per heavy atom. The lowest BCUT2D eigenvalue weighted by Crippen LogP contribution is -2.39. The van der Waals surface area contributed by atoms with Crippen LogP contribution in [0.5, 0.6) is 0 Å². The first kappa shape index (κ1) is 26.5. The minimum absolute atomic E-state index is 0.227. The SMILES string of the molecule is CCOC(=O)C1=C(C)N=c2s/c(=C/c3cc(Br)c(N4CCOCC4)o3)c(=O)n2[C@H]1c1ccc(N(C)C)cc1. The Labute approximate surface area is 232 Å². The fraction of sp³-hybridized carbons (Fsp3) is 0.370. The predicted octanol–water partition coefficient (Wildman–Crippen LogP) is 3.06. The maximum absolute atomic E-state index is 13.8. The van der Waals surface area contributed by atoms with Crippen LogP contribution in [0.2, 0.25) is 0 Å². The van der Waals surface area contributed by atoms with E-state index in [1.54, 1.807) is 24.5 Å². The second-order valence-electron chi connectivity index (χ2n) is 9.19. The molecule has 9 nitrogen and oxygen atoms in total. The lowest BCUT2D eigenvalue weighted by Gasteiger charge is -2.26. The molecule has 0 spiro atoms. The van der Waals surface area contributed by atoms with Crippen LogP contribution in [-0.2, 0) is 14.3 Å². The van der Waals surface area contributed by atoms with Crippen LogP contribution in [0.4, 0.5) is 11.6 Å². The standard InChI is InChI=1S/C27H29BrN4O5S/c1-5-36-26(34)22-16(2)29-27-32(23(22)17-6-8-18(9-7-17)30(3)4)24(33)21(38-27)15-19-14-20(28)25(37-19)31-10-12-35-13-11-31/h6-9,14-15,23H,5,10-13H2,1-4H3/b21-15+/t23-/m0/s1. The Morgan fingerprint density at radius 1 is 1.26 bits per heavy atom. The normalized spacial score (nSPS) is 17.9. The third kappa shape index (κ3) is 4.97. The number of hydrogen-bond donors (Lipinski definition) is 0. The summed E-state index contributed by atoms with van der Waals surface area (Å²) in [6, 6.07) is 9.01. The largest absolute Gasteiger partial charge is 0.463 e. The molecule has 0 bridgehead atoms. The van der Waals surface area contributed by atoms with E-state index in [2.05, 4.69) is 25.8 Å². The van der Waals surface area contributed by atoms with Crippen LogP contribution in [0.25, 0.3) is 6.08 Å². The summed E-state index contributed by atoms with van der Waals surface area (Å²) >= 11 is 4.86. The lowest BCUT2D eigenvalue weighted by molar-refractivity contribution is -0.139. The van der Waals surface area contributed by atoms with Crippen molar-refractivity contribution in [1.82, 2.24) is 4.57 Å². The first-order valence-electron chi connectivity index (χ1n) is 12.4. The number of allylic oxidation sites excluding steroid dienone is 1. The molecule has 11 heteroatoms. The summed E-state index contributed by atoms with van der Waals surface area (Å²) in [7, 11) is 3.92. The highest BCUT2D eigenvalue weighted by Crippen LogP contribution is 2.33. The van der Waals surface area contributed by atoms with Gasteiger partial charge in [0.05, 0.1) is 46.1 Å². The summed E-state index contributed by atoms with van der Waals surface area (Å²) in [4.78, 5) is 36.2. The van der Waals surface area contributed by atoms with Crippen molar-refractivity contribution >= 4 is 50.9 Å². The van der Waals surface area contributed by atoms with Crippen LogP contribution in [0.1, 0.15) is 31.2 Å². The number of nitrogens with zero attached hydrogens (tertiary/aromatic N) is 4. The van der Waals surface area contributed by atoms with Crippen LogP contribution in [0.3, 0.4) is 0 Å². The Balaban J connectivity index is 1.62. The number of ether oxygens (including phenoxy) is 2. The maximum atomic E-state index is 13.8. The number of fused-ring (bicyclic) bond motifs is 1. The second kappa shape index (κ2) is 10.9. The molecule has 0 radical (unpaired) electrons. The minimum Gasteiger partial charge on any atom is -0.463 e. The van der Waals surface area contributed by atoms with E-state index in [0.717, 1.165) is 28.8 Å². The van der Waals surface area contributed by atoms with Gasteiger partial charge in [-0.1, -0.05) is 23.5 Å². The number of halogens is 1. The fourth-order valence-corrected chi connectivity index (χ4v) is 6.20. The van der Waals surface area contributed by atoms with Crippen molar-refractivity contribution in [2.45, 2.75) is 19.9 Å². The van der Waals surface area contributed by atoms with Gasteiger partial charge in [0, 0.05) is 45.0 Å². The molecule has 5 rings (SSSR count). The predicted molar refractivity (Wildman–Crippen MR) is 151 cm³/mol. The van der Waals surface area contributed by atoms with Gasteiger partial charge >= 0.3 is 5.97 Å². The smallest absolute Gasteiger partial charge is 0.338 e. The highest BCUT2D eigenvalue weighted by Gasteiger charge is 2.33. The Hall–Kier alpha value is -3.15. The van der Waals surface area contributed by atoms with E-state index in [-0.39, 0.29) is 12.2 Å². The molecule has 2 aliphatic heterocycles. The van der Waals surface area contributed by atoms with Crippen LogP contribution < -0.4 is 24.7 Å². The van der Waals surface area contributed by atoms with Gasteiger partial charge in [0.1, 0.15) is 5.76 Å². The highest BCUT2D eigenvalue weighted by molar-refractivity contribution is 9.10. The van der Waals surface area contributed by atoms with E-state index < -0.39 is 12.0 Å². The number of furan rings is 1. The van der Waals surface area contributed by atoms with Crippen molar-refractivity contribution in [3.63, 3.8) is 0 Å². The molecule has 0 N–H and O–H groups in total. The number of benzene rings is 1. The summed E-state index contributed by atoms with van der Waals surface area (Å²) in [5, 5.41) is 0. The number of carbonyl (C=O) groups excluding carboxylic acids is 1. The Bertz CT molecular complexity index is 1560. The fourth-order valence-electron chi connectivity index (χ4n) is 4.62. The van der Waals surface area contributed by atoms with Crippen molar-refractivity contribution in [1.29, 1.82) is 0 Å². The molecule has 200 valence electrons. The van der Waals surface area contributed by atoms with Crippen molar-refractivity contribution < 1.29 is 18.7 Å². The van der Waals surface area contributed by atoms with Crippen LogP contribution in [0, 0.1) is 0 Å². The summed E-state index contributed by atoms with van der Waals surface area (Å²) in [6.45, 7) is 6.51. The summed E-state index contributed by atoms with van der Waals surface area (Å²) < 4.78 is 19.8. The Kier molecular flexibility index (Phi) is 7.60. The van der Waals surface area contributed by atoms with Gasteiger partial charge in [-0.05, 0) is 47.5 Å². The monoisotopic (exact) mass is 600 g/mol. The molecular formula is C27H29BrN4O5S. The molecule has 0 aliphatic carbocycles. The maximum Gasteiger partial charge on any atom is 0.338 e. The lowest BCUT2D eigenvalue weighted by atomic mass is 9.95. The molecule has 2 aliphatic rings. The van der Waals surface area contributed by atoms with E-state index in [1.165, 1.54) is 11.3 Å². The Morgan fingerprint density at radius 3 is 2.63 bits per heavy atom. The van der Waals surface area contributed by atoms with E-state index >= 15 is 0 Å². The molecular weight excluding hydrogens is 572 g/mol. The van der Waals surface area contributed by atoms with E-state index in [1.807, 2.05) is 49.3 Å². The molecule has 1 aromatic carbocycles. The number of rotatable bonds is 6. The zero-order valence-corrected chi connectivity index (χ0v) is 24.1. The number of thiazole rings is 1. The van der Waals surface area contributed by atoms with Gasteiger partial charge in [-0.25, -0.2) is 9.79 Å². The third-order valence-corrected chi connectivity index (χ3v) is 8.05. The van der Waals surface area contributed by atoms with Gasteiger partial charge in [0.25, 0.3) is 5.56 Å². The molecule has 1 fully saturated rings. The topological polar surface area (TPSA) is 89.5 Å². The van der Waals surface area contributed by atoms with Crippen LogP contribution in [0.15, 0.2) is 60.3 Å². The first-order chi connectivity index (χ1) is 18.3. The average molecular weight is 602 g/mol. The van der Waals surface area contributed by atoms with E-state index in [9.17, 15) is 9.59 Å². The van der Waals surface area contributed by atoms with Crippen molar-refractivity contribution in [2.75, 3.05) is 56.8 Å². The third-order valence-electron chi connectivity index (χ3n) is 6.50. The highest BCUT2D eigenvalue weighted by atomic mass is 79.9. The van der Waals surface area contributed by atoms with Gasteiger partial charge < -0.3 is 23.7 Å². The molecule has 0 amide bonds. The van der Waals surface area contributed by atoms with Crippen molar-refractivity contribution in [2.24, 2.45) is 4.99 Å². The molecule has 2 aromatic heterocycles. The summed E-state index contributed by atoms with van der Waals surface area (Å²) in [6.07, 6.45) is 1.73. The van der Waals surface area contributed by atoms with Crippen molar-refractivity contribution in [3.8, 4) is 0 Å². The summed E-state index contributed by atoms with van der Waals surface area (Å²) in [5.41, 5.74) is 2.46.